The van der Waals surface area contributed by atoms with Crippen LogP contribution in [-0.4, -0.2) is 40.0 Å². The lowest BCUT2D eigenvalue weighted by atomic mass is 10.1. The Morgan fingerprint density at radius 1 is 1.29 bits per heavy atom. The Labute approximate surface area is 98.3 Å². The molecule has 0 aromatic heterocycles. The van der Waals surface area contributed by atoms with Gasteiger partial charge in [-0.2, -0.15) is 0 Å². The van der Waals surface area contributed by atoms with E-state index in [4.69, 9.17) is 15.9 Å². The second-order valence-electron chi connectivity index (χ2n) is 3.06. The van der Waals surface area contributed by atoms with Gasteiger partial charge in [-0.3, -0.25) is 10.1 Å². The topological polar surface area (TPSA) is 130 Å². The number of nitro benzene ring substituents is 1. The molecule has 0 aliphatic heterocycles. The van der Waals surface area contributed by atoms with Crippen LogP contribution in [0.3, 0.4) is 0 Å². The van der Waals surface area contributed by atoms with Crippen molar-refractivity contribution in [2.24, 2.45) is 5.73 Å². The van der Waals surface area contributed by atoms with E-state index in [2.05, 4.69) is 0 Å². The Morgan fingerprint density at radius 2 is 1.88 bits per heavy atom. The van der Waals surface area contributed by atoms with Crippen molar-refractivity contribution >= 4 is 5.69 Å². The van der Waals surface area contributed by atoms with Gasteiger partial charge < -0.3 is 21.1 Å². The van der Waals surface area contributed by atoms with E-state index in [-0.39, 0.29) is 24.7 Å². The van der Waals surface area contributed by atoms with Crippen molar-refractivity contribution in [2.75, 3.05) is 19.8 Å². The van der Waals surface area contributed by atoms with Crippen molar-refractivity contribution in [3.63, 3.8) is 0 Å². The van der Waals surface area contributed by atoms with E-state index in [1.807, 2.05) is 0 Å². The molecule has 0 saturated carbocycles. The molecule has 0 fully saturated rings. The van der Waals surface area contributed by atoms with Crippen LogP contribution in [0.1, 0.15) is 5.56 Å². The lowest BCUT2D eigenvalue weighted by Crippen LogP contribution is -2.02. The van der Waals surface area contributed by atoms with E-state index >= 15 is 0 Å². The highest BCUT2D eigenvalue weighted by Crippen LogP contribution is 2.23. The fraction of sp³-hybridized carbons (Fsp3) is 0.400. The Bertz CT molecular complexity index is 355. The van der Waals surface area contributed by atoms with Crippen molar-refractivity contribution in [3.05, 3.63) is 33.9 Å². The van der Waals surface area contributed by atoms with Crippen molar-refractivity contribution < 1.29 is 20.2 Å². The number of hydrogen-bond acceptors (Lipinski definition) is 6. The monoisotopic (exact) mass is 244 g/mol. The average molecular weight is 244 g/mol. The maximum absolute atomic E-state index is 10.3. The van der Waals surface area contributed by atoms with E-state index in [0.717, 1.165) is 6.07 Å². The molecule has 0 spiro atoms. The van der Waals surface area contributed by atoms with Crippen molar-refractivity contribution in [3.8, 4) is 5.75 Å². The molecule has 0 saturated heterocycles. The van der Waals surface area contributed by atoms with Crippen LogP contribution in [0.15, 0.2) is 18.2 Å². The Kier molecular flexibility index (Phi) is 7.61. The van der Waals surface area contributed by atoms with Crippen LogP contribution in [0.2, 0.25) is 0 Å². The summed E-state index contributed by atoms with van der Waals surface area (Å²) >= 11 is 0. The number of nitrogens with two attached hydrogens (primary N) is 1. The number of aliphatic hydroxyl groups excluding tert-OH is 2. The molecule has 0 bridgehead atoms. The predicted molar refractivity (Wildman–Crippen MR) is 61.7 cm³/mol. The van der Waals surface area contributed by atoms with E-state index in [9.17, 15) is 15.2 Å². The molecule has 0 unspecified atom stereocenters. The Morgan fingerprint density at radius 3 is 2.24 bits per heavy atom. The molecule has 0 aliphatic rings. The number of aliphatic hydroxyl groups is 2. The van der Waals surface area contributed by atoms with Gasteiger partial charge in [0.25, 0.3) is 5.69 Å². The van der Waals surface area contributed by atoms with Gasteiger partial charge in [-0.1, -0.05) is 0 Å². The highest BCUT2D eigenvalue weighted by atomic mass is 16.6. The first kappa shape index (κ1) is 15.3. The zero-order chi connectivity index (χ0) is 13.3. The van der Waals surface area contributed by atoms with Gasteiger partial charge in [0.15, 0.2) is 0 Å². The van der Waals surface area contributed by atoms with Gasteiger partial charge in [-0.05, 0) is 18.1 Å². The van der Waals surface area contributed by atoms with Crippen LogP contribution in [0.25, 0.3) is 0 Å². The molecule has 1 rings (SSSR count). The highest BCUT2D eigenvalue weighted by molar-refractivity contribution is 5.43. The van der Waals surface area contributed by atoms with Gasteiger partial charge in [0.2, 0.25) is 0 Å². The lowest BCUT2D eigenvalue weighted by Gasteiger charge is -2.01. The smallest absolute Gasteiger partial charge is 0.273 e. The van der Waals surface area contributed by atoms with Crippen LogP contribution < -0.4 is 5.73 Å². The molecule has 0 aliphatic carbocycles. The van der Waals surface area contributed by atoms with Crippen LogP contribution in [-0.2, 0) is 6.42 Å². The van der Waals surface area contributed by atoms with Crippen LogP contribution >= 0.6 is 0 Å². The normalized spacial score (nSPS) is 9.35. The van der Waals surface area contributed by atoms with Crippen LogP contribution in [0.4, 0.5) is 5.69 Å². The third-order valence-corrected chi connectivity index (χ3v) is 1.79. The maximum atomic E-state index is 10.3. The van der Waals surface area contributed by atoms with Gasteiger partial charge in [0, 0.05) is 19.2 Å². The van der Waals surface area contributed by atoms with Gasteiger partial charge in [0.1, 0.15) is 5.75 Å². The average Bonchev–Trinajstić information content (AvgIpc) is 2.32. The van der Waals surface area contributed by atoms with Gasteiger partial charge in [-0.25, -0.2) is 0 Å². The first-order chi connectivity index (χ1) is 8.06. The summed E-state index contributed by atoms with van der Waals surface area (Å²) in [6.45, 7) is 0.380. The highest BCUT2D eigenvalue weighted by Gasteiger charge is 2.08. The van der Waals surface area contributed by atoms with Gasteiger partial charge in [0.05, 0.1) is 17.6 Å². The number of aromatic hydroxyl groups is 1. The zero-order valence-corrected chi connectivity index (χ0v) is 9.24. The fourth-order valence-corrected chi connectivity index (χ4v) is 0.998. The molecule has 7 heteroatoms. The van der Waals surface area contributed by atoms with Crippen molar-refractivity contribution in [1.82, 2.24) is 0 Å². The van der Waals surface area contributed by atoms with E-state index < -0.39 is 4.92 Å². The summed E-state index contributed by atoms with van der Waals surface area (Å²) in [5.41, 5.74) is 5.13. The molecule has 0 radical (unpaired) electrons. The number of hydrogen-bond donors (Lipinski definition) is 4. The largest absolute Gasteiger partial charge is 0.507 e. The summed E-state index contributed by atoms with van der Waals surface area (Å²) < 4.78 is 0. The first-order valence-electron chi connectivity index (χ1n) is 4.94. The molecule has 0 amide bonds. The van der Waals surface area contributed by atoms with Crippen molar-refractivity contribution in [1.29, 1.82) is 0 Å². The second kappa shape index (κ2) is 8.45. The molecular weight excluding hydrogens is 228 g/mol. The van der Waals surface area contributed by atoms with E-state index in [1.54, 1.807) is 0 Å². The lowest BCUT2D eigenvalue weighted by molar-refractivity contribution is -0.384. The molecular formula is C10H16N2O5. The molecule has 0 atom stereocenters. The predicted octanol–water partition coefficient (Wildman–Crippen LogP) is -0.227. The Balaban J connectivity index is 0.000000557. The van der Waals surface area contributed by atoms with Gasteiger partial charge >= 0.3 is 0 Å². The number of nitro groups is 1. The summed E-state index contributed by atoms with van der Waals surface area (Å²) in [7, 11) is 0. The number of rotatable bonds is 4. The molecule has 1 aromatic rings. The summed E-state index contributed by atoms with van der Waals surface area (Å²) in [5, 5.41) is 35.9. The molecule has 17 heavy (non-hydrogen) atoms. The maximum Gasteiger partial charge on any atom is 0.273 e. The summed E-state index contributed by atoms with van der Waals surface area (Å²) in [6.07, 6.45) is 0.295. The molecule has 5 N–H and O–H groups in total. The first-order valence-corrected chi connectivity index (χ1v) is 4.94. The third-order valence-electron chi connectivity index (χ3n) is 1.79. The minimum atomic E-state index is -0.581. The Hall–Kier alpha value is -1.70. The quantitative estimate of drug-likeness (QED) is 0.427. The van der Waals surface area contributed by atoms with E-state index in [0.29, 0.717) is 18.5 Å². The minimum Gasteiger partial charge on any atom is -0.507 e. The molecule has 96 valence electrons. The second-order valence-corrected chi connectivity index (χ2v) is 3.06. The van der Waals surface area contributed by atoms with Gasteiger partial charge in [-0.15, -0.1) is 0 Å². The molecule has 0 heterocycles. The SMILES string of the molecule is NCCO.O=[N+]([O-])c1ccc(CCO)c(O)c1. The number of non-ortho nitro benzene ring substituents is 1. The summed E-state index contributed by atoms with van der Waals surface area (Å²) in [5.74, 6) is -0.150. The summed E-state index contributed by atoms with van der Waals surface area (Å²) in [4.78, 5) is 9.69. The summed E-state index contributed by atoms with van der Waals surface area (Å²) in [6, 6.07) is 3.80. The number of nitrogens with zero attached hydrogens (tertiary/aromatic N) is 1. The van der Waals surface area contributed by atoms with E-state index in [1.165, 1.54) is 12.1 Å². The van der Waals surface area contributed by atoms with Crippen LogP contribution in [0, 0.1) is 10.1 Å². The molecule has 1 aromatic carbocycles. The minimum absolute atomic E-state index is 0.0919. The number of phenols is 1. The third kappa shape index (κ3) is 5.81. The van der Waals surface area contributed by atoms with Crippen molar-refractivity contribution in [2.45, 2.75) is 6.42 Å². The fourth-order valence-electron chi connectivity index (χ4n) is 0.998. The molecule has 7 nitrogen and oxygen atoms in total. The zero-order valence-electron chi connectivity index (χ0n) is 9.24. The standard InChI is InChI=1S/C8H9NO4.C2H7NO/c10-4-3-6-1-2-7(9(12)13)5-8(6)11;3-1-2-4/h1-2,5,10-11H,3-4H2;4H,1-3H2. The number of phenolic OH excluding ortho intramolecular Hbond substituents is 1. The number of benzene rings is 1. The van der Waals surface area contributed by atoms with Crippen LogP contribution in [0.5, 0.6) is 5.75 Å².